The van der Waals surface area contributed by atoms with E-state index in [-0.39, 0.29) is 0 Å². The quantitative estimate of drug-likeness (QED) is 0.780. The van der Waals surface area contributed by atoms with E-state index in [0.717, 1.165) is 38.1 Å². The monoisotopic (exact) mass is 220 g/mol. The highest BCUT2D eigenvalue weighted by Crippen LogP contribution is 2.18. The van der Waals surface area contributed by atoms with Crippen LogP contribution in [0.25, 0.3) is 0 Å². The van der Waals surface area contributed by atoms with Gasteiger partial charge in [-0.25, -0.2) is 0 Å². The van der Waals surface area contributed by atoms with Gasteiger partial charge in [-0.3, -0.25) is 4.98 Å². The topological polar surface area (TPSA) is 25.4 Å². The summed E-state index contributed by atoms with van der Waals surface area (Å²) in [5, 5.41) is 0. The maximum Gasteiger partial charge on any atom is 0.138 e. The highest BCUT2D eigenvalue weighted by molar-refractivity contribution is 5.23. The molecule has 0 atom stereocenters. The molecule has 2 heterocycles. The molecule has 3 heteroatoms. The maximum atomic E-state index is 5.96. The number of nitrogens with zero attached hydrogens (tertiary/aromatic N) is 2. The van der Waals surface area contributed by atoms with E-state index in [1.54, 1.807) is 0 Å². The number of hydrogen-bond acceptors (Lipinski definition) is 3. The van der Waals surface area contributed by atoms with Crippen molar-refractivity contribution in [3.05, 3.63) is 24.0 Å². The Morgan fingerprint density at radius 2 is 2.12 bits per heavy atom. The summed E-state index contributed by atoms with van der Waals surface area (Å²) in [6, 6.07) is 2.10. The minimum absolute atomic E-state index is 0.366. The van der Waals surface area contributed by atoms with Gasteiger partial charge in [-0.2, -0.15) is 0 Å². The van der Waals surface area contributed by atoms with E-state index in [1.165, 1.54) is 5.56 Å². The van der Waals surface area contributed by atoms with Crippen LogP contribution in [0.4, 0.5) is 0 Å². The third-order valence-corrected chi connectivity index (χ3v) is 3.15. The lowest BCUT2D eigenvalue weighted by molar-refractivity contribution is 0.114. The third-order valence-electron chi connectivity index (χ3n) is 3.15. The molecule has 0 radical (unpaired) electrons. The molecule has 0 aliphatic carbocycles. The fourth-order valence-electron chi connectivity index (χ4n) is 2.02. The molecule has 1 fully saturated rings. The van der Waals surface area contributed by atoms with Crippen LogP contribution >= 0.6 is 0 Å². The molecule has 0 unspecified atom stereocenters. The van der Waals surface area contributed by atoms with Gasteiger partial charge in [0.05, 0.1) is 6.20 Å². The van der Waals surface area contributed by atoms with Crippen LogP contribution in [-0.2, 0) is 6.42 Å². The van der Waals surface area contributed by atoms with E-state index < -0.39 is 0 Å². The van der Waals surface area contributed by atoms with Crippen molar-refractivity contribution < 1.29 is 4.74 Å². The smallest absolute Gasteiger partial charge is 0.138 e. The van der Waals surface area contributed by atoms with Crippen molar-refractivity contribution in [2.75, 3.05) is 20.1 Å². The van der Waals surface area contributed by atoms with Gasteiger partial charge in [-0.15, -0.1) is 0 Å². The SMILES string of the molecule is CCc1cncc(OC2CCN(C)CC2)c1. The van der Waals surface area contributed by atoms with Crippen LogP contribution in [0.2, 0.25) is 0 Å². The predicted molar refractivity (Wildman–Crippen MR) is 64.8 cm³/mol. The largest absolute Gasteiger partial charge is 0.489 e. The summed E-state index contributed by atoms with van der Waals surface area (Å²) < 4.78 is 5.96. The molecule has 16 heavy (non-hydrogen) atoms. The lowest BCUT2D eigenvalue weighted by atomic mass is 10.1. The lowest BCUT2D eigenvalue weighted by Gasteiger charge is -2.29. The molecule has 0 amide bonds. The molecule has 2 rings (SSSR count). The number of aromatic nitrogens is 1. The zero-order valence-corrected chi connectivity index (χ0v) is 10.1. The van der Waals surface area contributed by atoms with Gasteiger partial charge >= 0.3 is 0 Å². The Morgan fingerprint density at radius 3 is 2.81 bits per heavy atom. The zero-order valence-electron chi connectivity index (χ0n) is 10.1. The third kappa shape index (κ3) is 2.95. The van der Waals surface area contributed by atoms with Gasteiger partial charge in [0.2, 0.25) is 0 Å². The first kappa shape index (κ1) is 11.4. The summed E-state index contributed by atoms with van der Waals surface area (Å²) in [5.41, 5.74) is 1.24. The molecular weight excluding hydrogens is 200 g/mol. The fraction of sp³-hybridized carbons (Fsp3) is 0.615. The number of piperidine rings is 1. The van der Waals surface area contributed by atoms with Gasteiger partial charge in [0.25, 0.3) is 0 Å². The van der Waals surface area contributed by atoms with Gasteiger partial charge in [0, 0.05) is 19.3 Å². The fourth-order valence-corrected chi connectivity index (χ4v) is 2.02. The summed E-state index contributed by atoms with van der Waals surface area (Å²) in [4.78, 5) is 6.55. The standard InChI is InChI=1S/C13H20N2O/c1-3-11-8-13(10-14-9-11)16-12-4-6-15(2)7-5-12/h8-10,12H,3-7H2,1-2H3. The first-order valence-corrected chi connectivity index (χ1v) is 6.07. The van der Waals surface area contributed by atoms with Crippen LogP contribution in [-0.4, -0.2) is 36.1 Å². The molecule has 0 bridgehead atoms. The Hall–Kier alpha value is -1.09. The Labute approximate surface area is 97.4 Å². The molecule has 88 valence electrons. The Kier molecular flexibility index (Phi) is 3.78. The molecule has 3 nitrogen and oxygen atoms in total. The number of ether oxygens (including phenoxy) is 1. The van der Waals surface area contributed by atoms with Crippen molar-refractivity contribution in [3.8, 4) is 5.75 Å². The first-order valence-electron chi connectivity index (χ1n) is 6.07. The van der Waals surface area contributed by atoms with Gasteiger partial charge in [0.15, 0.2) is 0 Å². The van der Waals surface area contributed by atoms with E-state index in [0.29, 0.717) is 6.10 Å². The number of hydrogen-bond donors (Lipinski definition) is 0. The molecule has 1 aromatic rings. The van der Waals surface area contributed by atoms with Crippen molar-refractivity contribution in [2.24, 2.45) is 0 Å². The number of pyridine rings is 1. The number of aryl methyl sites for hydroxylation is 1. The Balaban J connectivity index is 1.93. The highest BCUT2D eigenvalue weighted by Gasteiger charge is 2.17. The van der Waals surface area contributed by atoms with Crippen molar-refractivity contribution in [1.29, 1.82) is 0 Å². The van der Waals surface area contributed by atoms with E-state index in [4.69, 9.17) is 4.74 Å². The highest BCUT2D eigenvalue weighted by atomic mass is 16.5. The summed E-state index contributed by atoms with van der Waals surface area (Å²) in [6.45, 7) is 4.40. The van der Waals surface area contributed by atoms with Crippen molar-refractivity contribution in [1.82, 2.24) is 9.88 Å². The van der Waals surface area contributed by atoms with E-state index in [2.05, 4.69) is 29.9 Å². The molecule has 0 saturated carbocycles. The molecule has 0 N–H and O–H groups in total. The van der Waals surface area contributed by atoms with Crippen LogP contribution in [0.5, 0.6) is 5.75 Å². The molecule has 0 spiro atoms. The van der Waals surface area contributed by atoms with Crippen LogP contribution in [0.1, 0.15) is 25.3 Å². The maximum absolute atomic E-state index is 5.96. The minimum Gasteiger partial charge on any atom is -0.489 e. The predicted octanol–water partition coefficient (Wildman–Crippen LogP) is 2.12. The van der Waals surface area contributed by atoms with Crippen molar-refractivity contribution in [2.45, 2.75) is 32.3 Å². The molecular formula is C13H20N2O. The Bertz CT molecular complexity index is 332. The van der Waals surface area contributed by atoms with Gasteiger partial charge in [0.1, 0.15) is 11.9 Å². The second-order valence-corrected chi connectivity index (χ2v) is 4.50. The van der Waals surface area contributed by atoms with Crippen LogP contribution in [0.3, 0.4) is 0 Å². The van der Waals surface area contributed by atoms with E-state index in [9.17, 15) is 0 Å². The average molecular weight is 220 g/mol. The molecule has 1 aromatic heterocycles. The Morgan fingerprint density at radius 1 is 1.38 bits per heavy atom. The van der Waals surface area contributed by atoms with Crippen LogP contribution in [0, 0.1) is 0 Å². The lowest BCUT2D eigenvalue weighted by Crippen LogP contribution is -2.35. The van der Waals surface area contributed by atoms with Crippen molar-refractivity contribution in [3.63, 3.8) is 0 Å². The van der Waals surface area contributed by atoms with Gasteiger partial charge < -0.3 is 9.64 Å². The van der Waals surface area contributed by atoms with Crippen LogP contribution < -0.4 is 4.74 Å². The first-order chi connectivity index (χ1) is 7.78. The van der Waals surface area contributed by atoms with Crippen molar-refractivity contribution >= 4 is 0 Å². The van der Waals surface area contributed by atoms with E-state index in [1.807, 2.05) is 12.4 Å². The summed E-state index contributed by atoms with van der Waals surface area (Å²) in [7, 11) is 2.16. The molecule has 1 aliphatic heterocycles. The van der Waals surface area contributed by atoms with Gasteiger partial charge in [-0.05, 0) is 37.9 Å². The second-order valence-electron chi connectivity index (χ2n) is 4.50. The van der Waals surface area contributed by atoms with Gasteiger partial charge in [-0.1, -0.05) is 6.92 Å². The zero-order chi connectivity index (χ0) is 11.4. The second kappa shape index (κ2) is 5.30. The number of rotatable bonds is 3. The summed E-state index contributed by atoms with van der Waals surface area (Å²) >= 11 is 0. The minimum atomic E-state index is 0.366. The summed E-state index contributed by atoms with van der Waals surface area (Å²) in [6.07, 6.45) is 7.33. The molecule has 0 aromatic carbocycles. The summed E-state index contributed by atoms with van der Waals surface area (Å²) in [5.74, 6) is 0.925. The average Bonchev–Trinajstić information content (AvgIpc) is 2.32. The van der Waals surface area contributed by atoms with Crippen LogP contribution in [0.15, 0.2) is 18.5 Å². The normalized spacial score (nSPS) is 18.6. The molecule has 1 aliphatic rings. The number of likely N-dealkylation sites (tertiary alicyclic amines) is 1. The molecule has 1 saturated heterocycles. The van der Waals surface area contributed by atoms with E-state index >= 15 is 0 Å².